The Morgan fingerprint density at radius 2 is 2.11 bits per heavy atom. The van der Waals surface area contributed by atoms with E-state index in [1.165, 1.54) is 12.8 Å². The van der Waals surface area contributed by atoms with Gasteiger partial charge in [0.1, 0.15) is 11.7 Å². The lowest BCUT2D eigenvalue weighted by atomic mass is 9.98. The molecule has 4 rings (SSSR count). The van der Waals surface area contributed by atoms with Gasteiger partial charge >= 0.3 is 0 Å². The first kappa shape index (κ1) is 18.3. The molecule has 0 aromatic carbocycles. The molecule has 0 unspecified atom stereocenters. The molecule has 0 aliphatic carbocycles. The van der Waals surface area contributed by atoms with Crippen LogP contribution in [0.25, 0.3) is 11.0 Å². The Bertz CT molecular complexity index is 1000. The molecule has 0 amide bonds. The third-order valence-corrected chi connectivity index (χ3v) is 5.44. The number of nitrogens with zero attached hydrogens (tertiary/aromatic N) is 5. The van der Waals surface area contributed by atoms with Gasteiger partial charge in [-0.2, -0.15) is 5.26 Å². The van der Waals surface area contributed by atoms with Crippen LogP contribution in [0.3, 0.4) is 0 Å². The first-order valence-electron chi connectivity index (χ1n) is 9.52. The molecule has 7 nitrogen and oxygen atoms in total. The zero-order valence-electron chi connectivity index (χ0n) is 16.2. The van der Waals surface area contributed by atoms with E-state index in [1.54, 1.807) is 18.6 Å². The molecular weight excluding hydrogens is 352 g/mol. The Labute approximate surface area is 164 Å². The van der Waals surface area contributed by atoms with Crippen LogP contribution in [0.5, 0.6) is 5.88 Å². The number of hydrogen-bond donors (Lipinski definition) is 1. The molecule has 0 bridgehead atoms. The van der Waals surface area contributed by atoms with Crippen LogP contribution < -0.4 is 9.64 Å². The number of H-pyrrole nitrogens is 1. The summed E-state index contributed by atoms with van der Waals surface area (Å²) in [6.07, 6.45) is 7.57. The molecule has 1 saturated heterocycles. The van der Waals surface area contributed by atoms with Crippen LogP contribution in [0.15, 0.2) is 36.8 Å². The number of pyridine rings is 2. The number of nitriles is 1. The van der Waals surface area contributed by atoms with E-state index in [4.69, 9.17) is 4.74 Å². The minimum absolute atomic E-state index is 0.587. The molecule has 0 spiro atoms. The highest BCUT2D eigenvalue weighted by molar-refractivity contribution is 5.86. The summed E-state index contributed by atoms with van der Waals surface area (Å²) < 4.78 is 5.98. The Hall–Kier alpha value is -3.11. The lowest BCUT2D eigenvalue weighted by Crippen LogP contribution is -2.32. The van der Waals surface area contributed by atoms with Gasteiger partial charge in [0, 0.05) is 36.6 Å². The van der Waals surface area contributed by atoms with Gasteiger partial charge in [0.25, 0.3) is 0 Å². The Balaban J connectivity index is 1.48. The highest BCUT2D eigenvalue weighted by atomic mass is 16.5. The van der Waals surface area contributed by atoms with Gasteiger partial charge in [0.15, 0.2) is 0 Å². The maximum Gasteiger partial charge on any atom is 0.215 e. The van der Waals surface area contributed by atoms with E-state index < -0.39 is 0 Å². The molecule has 144 valence electrons. The maximum atomic E-state index is 9.25. The summed E-state index contributed by atoms with van der Waals surface area (Å²) in [5.41, 5.74) is 3.17. The number of hydrogen-bond acceptors (Lipinski definition) is 6. The van der Waals surface area contributed by atoms with Gasteiger partial charge in [-0.3, -0.25) is 0 Å². The van der Waals surface area contributed by atoms with Crippen molar-refractivity contribution < 1.29 is 4.74 Å². The fraction of sp³-hybridized carbons (Fsp3) is 0.381. The summed E-state index contributed by atoms with van der Waals surface area (Å²) in [5, 5.41) is 10.1. The van der Waals surface area contributed by atoms with E-state index in [1.807, 2.05) is 30.1 Å². The zero-order valence-corrected chi connectivity index (χ0v) is 16.2. The standard InChI is InChI=1S/C21H24N6O/c1-26-7-4-15(5-8-26)14-28-20-10-17(3-6-23-20)27(2)18-9-19-16(11-22)12-24-21(19)25-13-18/h3,6,9-10,12-13,15H,4-5,7-8,14H2,1-2H3,(H,24,25). The lowest BCUT2D eigenvalue weighted by molar-refractivity contribution is 0.157. The van der Waals surface area contributed by atoms with Crippen molar-refractivity contribution in [1.29, 1.82) is 5.26 Å². The van der Waals surface area contributed by atoms with Crippen molar-refractivity contribution in [3.63, 3.8) is 0 Å². The van der Waals surface area contributed by atoms with Crippen LogP contribution in [0.1, 0.15) is 18.4 Å². The smallest absolute Gasteiger partial charge is 0.215 e. The zero-order chi connectivity index (χ0) is 19.5. The fourth-order valence-electron chi connectivity index (χ4n) is 3.54. The average Bonchev–Trinajstić information content (AvgIpc) is 3.15. The summed E-state index contributed by atoms with van der Waals surface area (Å²) in [7, 11) is 4.13. The van der Waals surface area contributed by atoms with E-state index in [-0.39, 0.29) is 0 Å². The summed E-state index contributed by atoms with van der Waals surface area (Å²) in [4.78, 5) is 16.2. The number of ether oxygens (including phenoxy) is 1. The van der Waals surface area contributed by atoms with Gasteiger partial charge < -0.3 is 19.5 Å². The lowest BCUT2D eigenvalue weighted by Gasteiger charge is -2.28. The van der Waals surface area contributed by atoms with Crippen LogP contribution in [0, 0.1) is 17.2 Å². The molecule has 7 heteroatoms. The summed E-state index contributed by atoms with van der Waals surface area (Å²) in [6.45, 7) is 2.96. The van der Waals surface area contributed by atoms with Crippen molar-refractivity contribution in [2.75, 3.05) is 38.7 Å². The molecule has 1 fully saturated rings. The van der Waals surface area contributed by atoms with Crippen molar-refractivity contribution in [3.05, 3.63) is 42.4 Å². The second kappa shape index (κ2) is 7.87. The molecular formula is C21H24N6O. The number of nitrogens with one attached hydrogen (secondary N) is 1. The van der Waals surface area contributed by atoms with E-state index in [2.05, 4.69) is 33.0 Å². The Morgan fingerprint density at radius 1 is 1.29 bits per heavy atom. The number of fused-ring (bicyclic) bond motifs is 1. The van der Waals surface area contributed by atoms with E-state index in [0.29, 0.717) is 29.6 Å². The van der Waals surface area contributed by atoms with Gasteiger partial charge in [0.2, 0.25) is 5.88 Å². The number of rotatable bonds is 5. The topological polar surface area (TPSA) is 81.1 Å². The molecule has 0 saturated carbocycles. The monoisotopic (exact) mass is 376 g/mol. The number of piperidine rings is 1. The normalized spacial score (nSPS) is 15.5. The van der Waals surface area contributed by atoms with E-state index in [9.17, 15) is 5.26 Å². The number of likely N-dealkylation sites (tertiary alicyclic amines) is 1. The summed E-state index contributed by atoms with van der Waals surface area (Å²) in [6, 6.07) is 8.05. The number of anilines is 2. The molecule has 0 radical (unpaired) electrons. The molecule has 28 heavy (non-hydrogen) atoms. The van der Waals surface area contributed by atoms with Crippen LogP contribution >= 0.6 is 0 Å². The van der Waals surface area contributed by atoms with Crippen LogP contribution in [-0.2, 0) is 0 Å². The molecule has 0 atom stereocenters. The summed E-state index contributed by atoms with van der Waals surface area (Å²) in [5.74, 6) is 1.22. The highest BCUT2D eigenvalue weighted by Gasteiger charge is 2.17. The predicted molar refractivity (Wildman–Crippen MR) is 109 cm³/mol. The first-order chi connectivity index (χ1) is 13.6. The van der Waals surface area contributed by atoms with Crippen molar-refractivity contribution in [1.82, 2.24) is 19.9 Å². The second-order valence-electron chi connectivity index (χ2n) is 7.37. The van der Waals surface area contributed by atoms with Gasteiger partial charge in [-0.05, 0) is 51.0 Å². The molecule has 1 aliphatic heterocycles. The van der Waals surface area contributed by atoms with Gasteiger partial charge in [-0.15, -0.1) is 0 Å². The van der Waals surface area contributed by atoms with Crippen LogP contribution in [-0.4, -0.2) is 53.6 Å². The highest BCUT2D eigenvalue weighted by Crippen LogP contribution is 2.28. The third-order valence-electron chi connectivity index (χ3n) is 5.44. The van der Waals surface area contributed by atoms with Gasteiger partial charge in [-0.1, -0.05) is 0 Å². The van der Waals surface area contributed by atoms with Gasteiger partial charge in [-0.25, -0.2) is 9.97 Å². The van der Waals surface area contributed by atoms with Crippen LogP contribution in [0.4, 0.5) is 11.4 Å². The Kier molecular flexibility index (Phi) is 5.13. The number of aromatic amines is 1. The Morgan fingerprint density at radius 3 is 2.89 bits per heavy atom. The average molecular weight is 376 g/mol. The fourth-order valence-corrected chi connectivity index (χ4v) is 3.54. The van der Waals surface area contributed by atoms with E-state index in [0.717, 1.165) is 29.9 Å². The number of aromatic nitrogens is 3. The minimum atomic E-state index is 0.587. The summed E-state index contributed by atoms with van der Waals surface area (Å²) >= 11 is 0. The third kappa shape index (κ3) is 3.78. The van der Waals surface area contributed by atoms with Crippen molar-refractivity contribution in [2.24, 2.45) is 5.92 Å². The van der Waals surface area contributed by atoms with Crippen molar-refractivity contribution in [2.45, 2.75) is 12.8 Å². The predicted octanol–water partition coefficient (Wildman–Crippen LogP) is 3.32. The minimum Gasteiger partial charge on any atom is -0.477 e. The molecule has 1 N–H and O–H groups in total. The molecule has 4 heterocycles. The molecule has 1 aliphatic rings. The maximum absolute atomic E-state index is 9.25. The SMILES string of the molecule is CN1CCC(COc2cc(N(C)c3cnc4[nH]cc(C#N)c4c3)ccn2)CC1. The first-order valence-corrected chi connectivity index (χ1v) is 9.52. The molecule has 3 aromatic rings. The van der Waals surface area contributed by atoms with Gasteiger partial charge in [0.05, 0.1) is 24.1 Å². The van der Waals surface area contributed by atoms with Crippen LogP contribution in [0.2, 0.25) is 0 Å². The van der Waals surface area contributed by atoms with E-state index >= 15 is 0 Å². The molecule has 3 aromatic heterocycles. The van der Waals surface area contributed by atoms with Crippen molar-refractivity contribution >= 4 is 22.4 Å². The second-order valence-corrected chi connectivity index (χ2v) is 7.37. The quantitative estimate of drug-likeness (QED) is 0.736. The van der Waals surface area contributed by atoms with Crippen molar-refractivity contribution in [3.8, 4) is 11.9 Å². The largest absolute Gasteiger partial charge is 0.477 e.